The minimum Gasteiger partial charge on any atom is -0.376 e. The van der Waals surface area contributed by atoms with Gasteiger partial charge >= 0.3 is 0 Å². The van der Waals surface area contributed by atoms with Gasteiger partial charge in [0.15, 0.2) is 0 Å². The molecule has 0 radical (unpaired) electrons. The first-order valence-corrected chi connectivity index (χ1v) is 6.64. The molecular formula is C17H22O. The third kappa shape index (κ3) is 2.91. The second-order valence-corrected chi connectivity index (χ2v) is 5.22. The zero-order chi connectivity index (χ0) is 13.0. The predicted octanol–water partition coefficient (Wildman–Crippen LogP) is 4.22. The number of hydrogen-bond donors (Lipinski definition) is 0. The third-order valence-corrected chi connectivity index (χ3v) is 4.06. The minimum absolute atomic E-state index is 0.531. The van der Waals surface area contributed by atoms with Crippen LogP contribution in [0.3, 0.4) is 0 Å². The van der Waals surface area contributed by atoms with Crippen LogP contribution in [0.25, 0.3) is 0 Å². The monoisotopic (exact) mass is 242 g/mol. The molecular weight excluding hydrogens is 220 g/mol. The van der Waals surface area contributed by atoms with Crippen LogP contribution in [-0.4, -0.2) is 6.61 Å². The molecule has 0 saturated heterocycles. The predicted molar refractivity (Wildman–Crippen MR) is 76.2 cm³/mol. The van der Waals surface area contributed by atoms with Gasteiger partial charge in [-0.1, -0.05) is 55.5 Å². The summed E-state index contributed by atoms with van der Waals surface area (Å²) < 4.78 is 5.87. The van der Waals surface area contributed by atoms with Crippen LogP contribution >= 0.6 is 0 Å². The van der Waals surface area contributed by atoms with Crippen molar-refractivity contribution >= 4 is 0 Å². The van der Waals surface area contributed by atoms with Gasteiger partial charge in [0.05, 0.1) is 13.2 Å². The number of ether oxygens (including phenoxy) is 1. The van der Waals surface area contributed by atoms with Gasteiger partial charge in [0.2, 0.25) is 0 Å². The van der Waals surface area contributed by atoms with Crippen LogP contribution in [0.2, 0.25) is 0 Å². The van der Waals surface area contributed by atoms with E-state index in [0.29, 0.717) is 24.4 Å². The van der Waals surface area contributed by atoms with Crippen molar-refractivity contribution in [2.45, 2.75) is 20.0 Å². The Kier molecular flexibility index (Phi) is 4.38. The van der Waals surface area contributed by atoms with E-state index in [1.165, 1.54) is 11.1 Å². The molecule has 18 heavy (non-hydrogen) atoms. The smallest absolute Gasteiger partial charge is 0.0717 e. The molecule has 1 aliphatic carbocycles. The Balaban J connectivity index is 1.86. The van der Waals surface area contributed by atoms with Crippen molar-refractivity contribution in [3.05, 3.63) is 60.7 Å². The molecule has 0 spiro atoms. The van der Waals surface area contributed by atoms with Gasteiger partial charge in [-0.05, 0) is 29.7 Å². The fourth-order valence-corrected chi connectivity index (χ4v) is 2.73. The number of allylic oxidation sites excluding steroid dienone is 2. The molecule has 0 amide bonds. The maximum atomic E-state index is 5.87. The van der Waals surface area contributed by atoms with Crippen LogP contribution in [-0.2, 0) is 11.3 Å². The van der Waals surface area contributed by atoms with Gasteiger partial charge in [-0.3, -0.25) is 0 Å². The molecule has 0 aliphatic heterocycles. The summed E-state index contributed by atoms with van der Waals surface area (Å²) in [5, 5.41) is 0. The van der Waals surface area contributed by atoms with Crippen molar-refractivity contribution in [3.63, 3.8) is 0 Å². The SMILES string of the molecule is C=CC1CC(=C)C(C)C1COCc1ccccc1. The fourth-order valence-electron chi connectivity index (χ4n) is 2.73. The first kappa shape index (κ1) is 13.1. The van der Waals surface area contributed by atoms with E-state index < -0.39 is 0 Å². The van der Waals surface area contributed by atoms with Gasteiger partial charge in [0.1, 0.15) is 0 Å². The van der Waals surface area contributed by atoms with Crippen molar-refractivity contribution in [3.8, 4) is 0 Å². The highest BCUT2D eigenvalue weighted by molar-refractivity contribution is 5.15. The largest absolute Gasteiger partial charge is 0.376 e. The summed E-state index contributed by atoms with van der Waals surface area (Å²) in [6, 6.07) is 10.3. The van der Waals surface area contributed by atoms with Crippen LogP contribution in [0.4, 0.5) is 0 Å². The molecule has 0 bridgehead atoms. The van der Waals surface area contributed by atoms with Gasteiger partial charge in [-0.25, -0.2) is 0 Å². The molecule has 1 aliphatic rings. The molecule has 1 fully saturated rings. The average Bonchev–Trinajstić information content (AvgIpc) is 2.67. The molecule has 0 aromatic heterocycles. The first-order valence-electron chi connectivity index (χ1n) is 6.64. The summed E-state index contributed by atoms with van der Waals surface area (Å²) in [6.45, 7) is 11.8. The quantitative estimate of drug-likeness (QED) is 0.702. The number of benzene rings is 1. The van der Waals surface area contributed by atoms with Crippen molar-refractivity contribution < 1.29 is 4.74 Å². The topological polar surface area (TPSA) is 9.23 Å². The molecule has 1 aromatic rings. The highest BCUT2D eigenvalue weighted by Gasteiger charge is 2.34. The molecule has 0 N–H and O–H groups in total. The Hall–Kier alpha value is -1.34. The zero-order valence-electron chi connectivity index (χ0n) is 11.1. The third-order valence-electron chi connectivity index (χ3n) is 4.06. The van der Waals surface area contributed by atoms with E-state index in [9.17, 15) is 0 Å². The summed E-state index contributed by atoms with van der Waals surface area (Å²) in [6.07, 6.45) is 3.13. The second kappa shape index (κ2) is 6.01. The average molecular weight is 242 g/mol. The Labute approximate surface area is 110 Å². The Bertz CT molecular complexity index is 407. The number of rotatable bonds is 5. The van der Waals surface area contributed by atoms with E-state index in [2.05, 4.69) is 38.3 Å². The van der Waals surface area contributed by atoms with E-state index in [0.717, 1.165) is 13.0 Å². The van der Waals surface area contributed by atoms with Crippen molar-refractivity contribution in [1.29, 1.82) is 0 Å². The molecule has 3 unspecified atom stereocenters. The van der Waals surface area contributed by atoms with Crippen molar-refractivity contribution in [2.24, 2.45) is 17.8 Å². The summed E-state index contributed by atoms with van der Waals surface area (Å²) in [5.41, 5.74) is 2.57. The normalized spacial score (nSPS) is 27.4. The number of hydrogen-bond acceptors (Lipinski definition) is 1. The summed E-state index contributed by atoms with van der Waals surface area (Å²) >= 11 is 0. The van der Waals surface area contributed by atoms with Gasteiger partial charge in [0.25, 0.3) is 0 Å². The van der Waals surface area contributed by atoms with E-state index in [1.54, 1.807) is 0 Å². The highest BCUT2D eigenvalue weighted by Crippen LogP contribution is 2.40. The lowest BCUT2D eigenvalue weighted by atomic mass is 9.91. The van der Waals surface area contributed by atoms with E-state index in [4.69, 9.17) is 4.74 Å². The molecule has 1 aromatic carbocycles. The summed E-state index contributed by atoms with van der Waals surface area (Å²) in [5.74, 6) is 1.62. The Morgan fingerprint density at radius 1 is 1.33 bits per heavy atom. The van der Waals surface area contributed by atoms with Crippen LogP contribution in [0.15, 0.2) is 55.1 Å². The van der Waals surface area contributed by atoms with Crippen LogP contribution in [0.5, 0.6) is 0 Å². The second-order valence-electron chi connectivity index (χ2n) is 5.22. The van der Waals surface area contributed by atoms with E-state index in [1.807, 2.05) is 18.2 Å². The molecule has 2 rings (SSSR count). The Morgan fingerprint density at radius 2 is 2.06 bits per heavy atom. The fraction of sp³-hybridized carbons (Fsp3) is 0.412. The van der Waals surface area contributed by atoms with E-state index >= 15 is 0 Å². The molecule has 0 heterocycles. The molecule has 1 nitrogen and oxygen atoms in total. The van der Waals surface area contributed by atoms with Crippen LogP contribution in [0.1, 0.15) is 18.9 Å². The Morgan fingerprint density at radius 3 is 2.72 bits per heavy atom. The van der Waals surface area contributed by atoms with Crippen molar-refractivity contribution in [1.82, 2.24) is 0 Å². The molecule has 3 atom stereocenters. The minimum atomic E-state index is 0.531. The maximum absolute atomic E-state index is 5.87. The molecule has 1 heteroatoms. The van der Waals surface area contributed by atoms with Gasteiger partial charge in [-0.15, -0.1) is 6.58 Å². The van der Waals surface area contributed by atoms with Gasteiger partial charge in [-0.2, -0.15) is 0 Å². The van der Waals surface area contributed by atoms with Gasteiger partial charge < -0.3 is 4.74 Å². The molecule has 96 valence electrons. The van der Waals surface area contributed by atoms with Crippen LogP contribution < -0.4 is 0 Å². The van der Waals surface area contributed by atoms with E-state index in [-0.39, 0.29) is 0 Å². The lowest BCUT2D eigenvalue weighted by molar-refractivity contribution is 0.0694. The molecule has 1 saturated carbocycles. The lowest BCUT2D eigenvalue weighted by Gasteiger charge is -2.20. The lowest BCUT2D eigenvalue weighted by Crippen LogP contribution is -2.18. The zero-order valence-corrected chi connectivity index (χ0v) is 11.1. The van der Waals surface area contributed by atoms with Crippen LogP contribution in [0, 0.1) is 17.8 Å². The standard InChI is InChI=1S/C17H22O/c1-4-16-10-13(2)14(3)17(16)12-18-11-15-8-6-5-7-9-15/h4-9,14,16-17H,1-2,10-12H2,3H3. The summed E-state index contributed by atoms with van der Waals surface area (Å²) in [7, 11) is 0. The first-order chi connectivity index (χ1) is 8.72. The summed E-state index contributed by atoms with van der Waals surface area (Å²) in [4.78, 5) is 0. The highest BCUT2D eigenvalue weighted by atomic mass is 16.5. The van der Waals surface area contributed by atoms with Gasteiger partial charge in [0, 0.05) is 0 Å². The van der Waals surface area contributed by atoms with Crippen molar-refractivity contribution in [2.75, 3.05) is 6.61 Å². The maximum Gasteiger partial charge on any atom is 0.0717 e.